The van der Waals surface area contributed by atoms with Crippen LogP contribution in [0.25, 0.3) is 22.0 Å². The maximum Gasteiger partial charge on any atom is 0.326 e. The number of hydrogen-bond acceptors (Lipinski definition) is 2. The molecule has 0 atom stereocenters. The molecule has 5 heteroatoms. The number of aromatic nitrogens is 2. The first-order valence-electron chi connectivity index (χ1n) is 8.24. The summed E-state index contributed by atoms with van der Waals surface area (Å²) in [6, 6.07) is 14.5. The van der Waals surface area contributed by atoms with Crippen molar-refractivity contribution in [2.45, 2.75) is 18.9 Å². The number of piperidine rings is 1. The molecular weight excluding hydrogens is 302 g/mol. The minimum absolute atomic E-state index is 0.0808. The average Bonchev–Trinajstić information content (AvgIpc) is 3.03. The third-order valence-corrected chi connectivity index (χ3v) is 4.85. The summed E-state index contributed by atoms with van der Waals surface area (Å²) in [6.07, 6.45) is 4.42. The van der Waals surface area contributed by atoms with Gasteiger partial charge in [0.2, 0.25) is 6.41 Å². The standard InChI is InChI=1S/C19H19N3O2/c23-13-21-9-7-17(8-10-21)22-12-18(20-19(22)24)16-6-5-14-3-1-2-4-15(14)11-16/h1-6,11-13,17H,7-10H2,(H,20,24). The van der Waals surface area contributed by atoms with Gasteiger partial charge in [0.1, 0.15) is 0 Å². The number of nitrogens with zero attached hydrogens (tertiary/aromatic N) is 2. The topological polar surface area (TPSA) is 58.1 Å². The number of imidazole rings is 1. The van der Waals surface area contributed by atoms with Crippen molar-refractivity contribution in [2.75, 3.05) is 13.1 Å². The van der Waals surface area contributed by atoms with Gasteiger partial charge < -0.3 is 9.88 Å². The highest BCUT2D eigenvalue weighted by molar-refractivity contribution is 5.86. The lowest BCUT2D eigenvalue weighted by molar-refractivity contribution is -0.119. The molecule has 2 heterocycles. The van der Waals surface area contributed by atoms with E-state index in [1.54, 1.807) is 9.47 Å². The van der Waals surface area contributed by atoms with Crippen LogP contribution in [0.4, 0.5) is 0 Å². The van der Waals surface area contributed by atoms with Crippen molar-refractivity contribution in [1.82, 2.24) is 14.5 Å². The van der Waals surface area contributed by atoms with Gasteiger partial charge in [-0.15, -0.1) is 0 Å². The van der Waals surface area contributed by atoms with E-state index in [0.29, 0.717) is 13.1 Å². The van der Waals surface area contributed by atoms with Gasteiger partial charge in [-0.05, 0) is 29.7 Å². The Labute approximate surface area is 139 Å². The molecule has 4 rings (SSSR count). The summed E-state index contributed by atoms with van der Waals surface area (Å²) in [4.78, 5) is 27.9. The number of hydrogen-bond donors (Lipinski definition) is 1. The van der Waals surface area contributed by atoms with E-state index in [1.165, 1.54) is 5.39 Å². The zero-order valence-corrected chi connectivity index (χ0v) is 13.3. The molecule has 1 aliphatic heterocycles. The number of likely N-dealkylation sites (tertiary alicyclic amines) is 1. The number of carbonyl (C=O) groups excluding carboxylic acids is 1. The largest absolute Gasteiger partial charge is 0.345 e. The molecule has 0 aliphatic carbocycles. The second kappa shape index (κ2) is 6.00. The molecule has 0 bridgehead atoms. The van der Waals surface area contributed by atoms with Gasteiger partial charge in [0.05, 0.1) is 5.69 Å². The van der Waals surface area contributed by atoms with Crippen molar-refractivity contribution < 1.29 is 4.79 Å². The number of rotatable bonds is 3. The molecule has 3 aromatic rings. The van der Waals surface area contributed by atoms with E-state index in [0.717, 1.165) is 35.9 Å². The molecule has 0 saturated carbocycles. The van der Waals surface area contributed by atoms with E-state index in [-0.39, 0.29) is 11.7 Å². The van der Waals surface area contributed by atoms with Crippen molar-refractivity contribution in [3.8, 4) is 11.3 Å². The number of H-pyrrole nitrogens is 1. The normalized spacial score (nSPS) is 15.8. The monoisotopic (exact) mass is 321 g/mol. The van der Waals surface area contributed by atoms with Crippen molar-refractivity contribution in [1.29, 1.82) is 0 Å². The highest BCUT2D eigenvalue weighted by Gasteiger charge is 2.21. The molecule has 122 valence electrons. The zero-order valence-electron chi connectivity index (χ0n) is 13.3. The molecule has 1 fully saturated rings. The summed E-state index contributed by atoms with van der Waals surface area (Å²) in [7, 11) is 0. The molecular formula is C19H19N3O2. The fraction of sp³-hybridized carbons (Fsp3) is 0.263. The first kappa shape index (κ1) is 14.8. The Morgan fingerprint density at radius 1 is 1.04 bits per heavy atom. The number of aromatic amines is 1. The lowest BCUT2D eigenvalue weighted by Crippen LogP contribution is -2.35. The Morgan fingerprint density at radius 3 is 2.54 bits per heavy atom. The SMILES string of the molecule is O=CN1CCC(n2cc(-c3ccc4ccccc4c3)[nH]c2=O)CC1. The van der Waals surface area contributed by atoms with Crippen LogP contribution in [-0.2, 0) is 4.79 Å². The molecule has 0 spiro atoms. The third-order valence-electron chi connectivity index (χ3n) is 4.85. The minimum atomic E-state index is -0.0808. The van der Waals surface area contributed by atoms with Gasteiger partial charge >= 0.3 is 5.69 Å². The molecule has 0 unspecified atom stereocenters. The number of carbonyl (C=O) groups is 1. The van der Waals surface area contributed by atoms with E-state index in [1.807, 2.05) is 24.4 Å². The second-order valence-corrected chi connectivity index (χ2v) is 6.31. The molecule has 1 aliphatic rings. The first-order chi connectivity index (χ1) is 11.7. The van der Waals surface area contributed by atoms with Crippen LogP contribution >= 0.6 is 0 Å². The molecule has 24 heavy (non-hydrogen) atoms. The van der Waals surface area contributed by atoms with Crippen molar-refractivity contribution in [3.05, 3.63) is 59.1 Å². The van der Waals surface area contributed by atoms with Crippen LogP contribution < -0.4 is 5.69 Å². The Bertz CT molecular complexity index is 933. The van der Waals surface area contributed by atoms with E-state index in [9.17, 15) is 9.59 Å². The van der Waals surface area contributed by atoms with Crippen LogP contribution in [0.5, 0.6) is 0 Å². The summed E-state index contributed by atoms with van der Waals surface area (Å²) in [5.74, 6) is 0. The Hall–Kier alpha value is -2.82. The van der Waals surface area contributed by atoms with Gasteiger partial charge in [-0.1, -0.05) is 36.4 Å². The lowest BCUT2D eigenvalue weighted by Gasteiger charge is -2.29. The molecule has 1 aromatic heterocycles. The molecule has 1 saturated heterocycles. The number of fused-ring (bicyclic) bond motifs is 1. The van der Waals surface area contributed by atoms with E-state index in [4.69, 9.17) is 0 Å². The van der Waals surface area contributed by atoms with Gasteiger partial charge in [0, 0.05) is 30.9 Å². The van der Waals surface area contributed by atoms with E-state index >= 15 is 0 Å². The highest BCUT2D eigenvalue weighted by atomic mass is 16.1. The Balaban J connectivity index is 1.65. The summed E-state index contributed by atoms with van der Waals surface area (Å²) in [5, 5.41) is 2.34. The smallest absolute Gasteiger partial charge is 0.326 e. The highest BCUT2D eigenvalue weighted by Crippen LogP contribution is 2.25. The van der Waals surface area contributed by atoms with Gasteiger partial charge in [0.15, 0.2) is 0 Å². The summed E-state index contributed by atoms with van der Waals surface area (Å²) in [6.45, 7) is 1.41. The fourth-order valence-corrected chi connectivity index (χ4v) is 3.45. The van der Waals surface area contributed by atoms with Crippen LogP contribution in [0.3, 0.4) is 0 Å². The van der Waals surface area contributed by atoms with Gasteiger partial charge in [-0.2, -0.15) is 0 Å². The average molecular weight is 321 g/mol. The zero-order chi connectivity index (χ0) is 16.5. The van der Waals surface area contributed by atoms with Crippen LogP contribution in [0, 0.1) is 0 Å². The Kier molecular flexibility index (Phi) is 3.69. The van der Waals surface area contributed by atoms with Crippen LogP contribution in [0.15, 0.2) is 53.5 Å². The fourth-order valence-electron chi connectivity index (χ4n) is 3.45. The van der Waals surface area contributed by atoms with E-state index < -0.39 is 0 Å². The molecule has 1 N–H and O–H groups in total. The molecule has 1 amide bonds. The van der Waals surface area contributed by atoms with Crippen LogP contribution in [0.1, 0.15) is 18.9 Å². The summed E-state index contributed by atoms with van der Waals surface area (Å²) >= 11 is 0. The summed E-state index contributed by atoms with van der Waals surface area (Å²) < 4.78 is 1.78. The maximum absolute atomic E-state index is 12.4. The minimum Gasteiger partial charge on any atom is -0.345 e. The lowest BCUT2D eigenvalue weighted by atomic mass is 10.0. The molecule has 5 nitrogen and oxygen atoms in total. The predicted octanol–water partition coefficient (Wildman–Crippen LogP) is 2.79. The number of nitrogens with one attached hydrogen (secondary N) is 1. The number of benzene rings is 2. The molecule has 0 radical (unpaired) electrons. The summed E-state index contributed by atoms with van der Waals surface area (Å²) in [5.41, 5.74) is 1.76. The predicted molar refractivity (Wildman–Crippen MR) is 93.9 cm³/mol. The van der Waals surface area contributed by atoms with Crippen LogP contribution in [0.2, 0.25) is 0 Å². The van der Waals surface area contributed by atoms with Gasteiger partial charge in [-0.25, -0.2) is 4.79 Å². The first-order valence-corrected chi connectivity index (χ1v) is 8.24. The third kappa shape index (κ3) is 2.62. The van der Waals surface area contributed by atoms with Crippen molar-refractivity contribution >= 4 is 17.2 Å². The van der Waals surface area contributed by atoms with Gasteiger partial charge in [0.25, 0.3) is 0 Å². The van der Waals surface area contributed by atoms with Crippen molar-refractivity contribution in [3.63, 3.8) is 0 Å². The maximum atomic E-state index is 12.4. The van der Waals surface area contributed by atoms with Gasteiger partial charge in [-0.3, -0.25) is 9.36 Å². The number of amides is 1. The van der Waals surface area contributed by atoms with Crippen LogP contribution in [-0.4, -0.2) is 34.0 Å². The van der Waals surface area contributed by atoms with Crippen molar-refractivity contribution in [2.24, 2.45) is 0 Å². The Morgan fingerprint density at radius 2 is 1.79 bits per heavy atom. The molecule has 2 aromatic carbocycles. The second-order valence-electron chi connectivity index (χ2n) is 6.31. The van der Waals surface area contributed by atoms with E-state index in [2.05, 4.69) is 29.2 Å². The quantitative estimate of drug-likeness (QED) is 0.754.